The molecule has 0 aliphatic carbocycles. The third-order valence-corrected chi connectivity index (χ3v) is 5.07. The van der Waals surface area contributed by atoms with Gasteiger partial charge in [0, 0.05) is 36.9 Å². The zero-order valence-corrected chi connectivity index (χ0v) is 17.8. The summed E-state index contributed by atoms with van der Waals surface area (Å²) in [6.07, 6.45) is 4.35. The first-order valence-corrected chi connectivity index (χ1v) is 10.6. The lowest BCUT2D eigenvalue weighted by atomic mass is 10.1. The summed E-state index contributed by atoms with van der Waals surface area (Å²) < 4.78 is 4.85. The maximum absolute atomic E-state index is 12.9. The second-order valence-electron chi connectivity index (χ2n) is 7.42. The largest absolute Gasteiger partial charge is 0.466 e. The third-order valence-electron chi connectivity index (χ3n) is 5.07. The summed E-state index contributed by atoms with van der Waals surface area (Å²) in [5, 5.41) is 5.81. The number of piperidine rings is 1. The van der Waals surface area contributed by atoms with E-state index in [0.29, 0.717) is 17.9 Å². The van der Waals surface area contributed by atoms with Gasteiger partial charge in [0.05, 0.1) is 18.6 Å². The van der Waals surface area contributed by atoms with Crippen LogP contribution in [0.4, 0.5) is 11.4 Å². The summed E-state index contributed by atoms with van der Waals surface area (Å²) in [6, 6.07) is 5.51. The number of carbonyl (C=O) groups excluding carboxylic acids is 3. The Morgan fingerprint density at radius 1 is 1.10 bits per heavy atom. The molecule has 1 saturated heterocycles. The third kappa shape index (κ3) is 7.07. The molecule has 29 heavy (non-hydrogen) atoms. The molecule has 2 rings (SSSR count). The van der Waals surface area contributed by atoms with E-state index < -0.39 is 5.97 Å². The highest BCUT2D eigenvalue weighted by molar-refractivity contribution is 6.02. The second kappa shape index (κ2) is 11.4. The number of benzene rings is 1. The van der Waals surface area contributed by atoms with Gasteiger partial charge in [-0.3, -0.25) is 14.4 Å². The molecule has 0 radical (unpaired) electrons. The molecule has 0 unspecified atom stereocenters. The van der Waals surface area contributed by atoms with Crippen LogP contribution in [-0.4, -0.2) is 43.5 Å². The molecule has 0 saturated carbocycles. The van der Waals surface area contributed by atoms with E-state index in [2.05, 4.69) is 15.5 Å². The van der Waals surface area contributed by atoms with Crippen molar-refractivity contribution in [1.82, 2.24) is 5.32 Å². The molecule has 7 heteroatoms. The molecule has 1 aliphatic heterocycles. The van der Waals surface area contributed by atoms with Crippen molar-refractivity contribution >= 4 is 29.2 Å². The van der Waals surface area contributed by atoms with Gasteiger partial charge in [-0.25, -0.2) is 0 Å². The van der Waals surface area contributed by atoms with Crippen molar-refractivity contribution in [3.05, 3.63) is 23.8 Å². The standard InChI is InChI=1S/C22H33N3O4/c1-4-16(3)23-22(28)18-15-17(24-20(26)11-12-21(27)29-5-2)9-10-19(18)25-13-7-6-8-14-25/h9-10,15-16H,4-8,11-14H2,1-3H3,(H,23,28)(H,24,26)/t16-/m0/s1. The number of nitrogens with one attached hydrogen (secondary N) is 2. The van der Waals surface area contributed by atoms with Crippen molar-refractivity contribution in [2.24, 2.45) is 0 Å². The normalized spacial score (nSPS) is 14.8. The molecule has 7 nitrogen and oxygen atoms in total. The van der Waals surface area contributed by atoms with Gasteiger partial charge in [-0.1, -0.05) is 6.92 Å². The van der Waals surface area contributed by atoms with Gasteiger partial charge in [-0.15, -0.1) is 0 Å². The minimum Gasteiger partial charge on any atom is -0.466 e. The van der Waals surface area contributed by atoms with Crippen LogP contribution in [0.2, 0.25) is 0 Å². The summed E-state index contributed by atoms with van der Waals surface area (Å²) in [5.74, 6) is -0.809. The molecule has 2 amide bonds. The van der Waals surface area contributed by atoms with Gasteiger partial charge in [0.2, 0.25) is 5.91 Å². The minimum atomic E-state index is -0.392. The lowest BCUT2D eigenvalue weighted by molar-refractivity contribution is -0.144. The average Bonchev–Trinajstić information content (AvgIpc) is 2.73. The number of carbonyl (C=O) groups is 3. The Balaban J connectivity index is 2.15. The molecular formula is C22H33N3O4. The van der Waals surface area contributed by atoms with Crippen molar-refractivity contribution in [1.29, 1.82) is 0 Å². The van der Waals surface area contributed by atoms with Crippen LogP contribution in [0.5, 0.6) is 0 Å². The highest BCUT2D eigenvalue weighted by Gasteiger charge is 2.20. The van der Waals surface area contributed by atoms with Crippen molar-refractivity contribution < 1.29 is 19.1 Å². The summed E-state index contributed by atoms with van der Waals surface area (Å²) in [7, 11) is 0. The van der Waals surface area contributed by atoms with Gasteiger partial charge >= 0.3 is 5.97 Å². The molecule has 0 bridgehead atoms. The monoisotopic (exact) mass is 403 g/mol. The van der Waals surface area contributed by atoms with E-state index in [1.54, 1.807) is 13.0 Å². The highest BCUT2D eigenvalue weighted by Crippen LogP contribution is 2.27. The number of rotatable bonds is 9. The SMILES string of the molecule is CCOC(=O)CCC(=O)Nc1ccc(N2CCCCC2)c(C(=O)N[C@@H](C)CC)c1. The van der Waals surface area contributed by atoms with Crippen molar-refractivity contribution in [2.75, 3.05) is 29.9 Å². The Hall–Kier alpha value is -2.57. The molecule has 1 aliphatic rings. The van der Waals surface area contributed by atoms with Crippen molar-refractivity contribution in [3.8, 4) is 0 Å². The minimum absolute atomic E-state index is 0.0346. The predicted octanol–water partition coefficient (Wildman–Crippen LogP) is 3.49. The molecule has 1 heterocycles. The maximum atomic E-state index is 12.9. The number of amides is 2. The first-order chi connectivity index (χ1) is 13.9. The fourth-order valence-corrected chi connectivity index (χ4v) is 3.28. The van der Waals surface area contributed by atoms with Crippen LogP contribution in [0.15, 0.2) is 18.2 Å². The van der Waals surface area contributed by atoms with Gasteiger partial charge < -0.3 is 20.3 Å². The molecule has 0 spiro atoms. The number of hydrogen-bond donors (Lipinski definition) is 2. The van der Waals surface area contributed by atoms with Gasteiger partial charge in [0.1, 0.15) is 0 Å². The van der Waals surface area contributed by atoms with Crippen molar-refractivity contribution in [3.63, 3.8) is 0 Å². The van der Waals surface area contributed by atoms with Gasteiger partial charge in [0.15, 0.2) is 0 Å². The summed E-state index contributed by atoms with van der Waals surface area (Å²) >= 11 is 0. The highest BCUT2D eigenvalue weighted by atomic mass is 16.5. The van der Waals surface area contributed by atoms with Gasteiger partial charge in [-0.2, -0.15) is 0 Å². The van der Waals surface area contributed by atoms with Gasteiger partial charge in [0.25, 0.3) is 5.91 Å². The summed E-state index contributed by atoms with van der Waals surface area (Å²) in [5.41, 5.74) is 2.01. The quantitative estimate of drug-likeness (QED) is 0.616. The van der Waals surface area contributed by atoms with Crippen LogP contribution < -0.4 is 15.5 Å². The first-order valence-electron chi connectivity index (χ1n) is 10.6. The fourth-order valence-electron chi connectivity index (χ4n) is 3.28. The Morgan fingerprint density at radius 3 is 2.48 bits per heavy atom. The smallest absolute Gasteiger partial charge is 0.306 e. The Morgan fingerprint density at radius 2 is 1.83 bits per heavy atom. The van der Waals surface area contributed by atoms with E-state index in [1.165, 1.54) is 6.42 Å². The summed E-state index contributed by atoms with van der Waals surface area (Å²) in [6.45, 7) is 7.88. The molecule has 1 aromatic rings. The molecule has 0 aromatic heterocycles. The first kappa shape index (κ1) is 22.7. The Bertz CT molecular complexity index is 714. The fraction of sp³-hybridized carbons (Fsp3) is 0.591. The van der Waals surface area contributed by atoms with Crippen molar-refractivity contribution in [2.45, 2.75) is 65.3 Å². The number of hydrogen-bond acceptors (Lipinski definition) is 5. The zero-order valence-electron chi connectivity index (χ0n) is 17.8. The number of anilines is 2. The average molecular weight is 404 g/mol. The van der Waals surface area contributed by atoms with Crippen LogP contribution in [0, 0.1) is 0 Å². The molecule has 160 valence electrons. The number of ether oxygens (including phenoxy) is 1. The Kier molecular flexibility index (Phi) is 8.96. The van der Waals surface area contributed by atoms with Crippen LogP contribution in [-0.2, 0) is 14.3 Å². The summed E-state index contributed by atoms with van der Waals surface area (Å²) in [4.78, 5) is 38.7. The van der Waals surface area contributed by atoms with E-state index in [1.807, 2.05) is 26.0 Å². The van der Waals surface area contributed by atoms with E-state index >= 15 is 0 Å². The van der Waals surface area contributed by atoms with E-state index in [0.717, 1.165) is 38.0 Å². The molecular weight excluding hydrogens is 370 g/mol. The van der Waals surface area contributed by atoms with E-state index in [9.17, 15) is 14.4 Å². The molecule has 1 aromatic carbocycles. The maximum Gasteiger partial charge on any atom is 0.306 e. The van der Waals surface area contributed by atoms with Crippen LogP contribution in [0.3, 0.4) is 0 Å². The molecule has 1 atom stereocenters. The van der Waals surface area contributed by atoms with E-state index in [-0.39, 0.29) is 30.7 Å². The number of esters is 1. The van der Waals surface area contributed by atoms with Gasteiger partial charge in [-0.05, 0) is 57.7 Å². The zero-order chi connectivity index (χ0) is 21.2. The molecule has 2 N–H and O–H groups in total. The second-order valence-corrected chi connectivity index (χ2v) is 7.42. The predicted molar refractivity (Wildman–Crippen MR) is 114 cm³/mol. The lowest BCUT2D eigenvalue weighted by Crippen LogP contribution is -2.35. The van der Waals surface area contributed by atoms with E-state index in [4.69, 9.17) is 4.74 Å². The lowest BCUT2D eigenvalue weighted by Gasteiger charge is -2.31. The van der Waals surface area contributed by atoms with Crippen LogP contribution in [0.25, 0.3) is 0 Å². The molecule has 1 fully saturated rings. The van der Waals surface area contributed by atoms with Crippen LogP contribution in [0.1, 0.15) is 69.7 Å². The Labute approximate surface area is 173 Å². The van der Waals surface area contributed by atoms with Crippen LogP contribution >= 0.6 is 0 Å². The topological polar surface area (TPSA) is 87.7 Å². The number of nitrogens with zero attached hydrogens (tertiary/aromatic N) is 1.